The molecule has 0 aliphatic carbocycles. The predicted octanol–water partition coefficient (Wildman–Crippen LogP) is 2.91. The van der Waals surface area contributed by atoms with Gasteiger partial charge in [-0.15, -0.1) is 0 Å². The van der Waals surface area contributed by atoms with Gasteiger partial charge in [-0.2, -0.15) is 10.1 Å². The molecule has 4 rings (SSSR count). The number of anilines is 2. The molecule has 0 fully saturated rings. The highest BCUT2D eigenvalue weighted by molar-refractivity contribution is 5.93. The summed E-state index contributed by atoms with van der Waals surface area (Å²) in [6, 6.07) is 13.8. The van der Waals surface area contributed by atoms with Gasteiger partial charge in [-0.05, 0) is 29.8 Å². The number of methoxy groups -OCH3 is 1. The van der Waals surface area contributed by atoms with Crippen molar-refractivity contribution in [3.8, 4) is 17.2 Å². The summed E-state index contributed by atoms with van der Waals surface area (Å²) in [5.74, 6) is 1.54. The molecular weight excluding hydrogens is 318 g/mol. The van der Waals surface area contributed by atoms with E-state index in [1.54, 1.807) is 13.3 Å². The number of fused-ring (bicyclic) bond motifs is 1. The molecule has 2 aromatic carbocycles. The number of oxazole rings is 1. The molecule has 0 aliphatic heterocycles. The number of hydrogen-bond acceptors (Lipinski definition) is 6. The van der Waals surface area contributed by atoms with E-state index < -0.39 is 0 Å². The van der Waals surface area contributed by atoms with Gasteiger partial charge in [0.05, 0.1) is 25.4 Å². The Bertz CT molecular complexity index is 1010. The first-order chi connectivity index (χ1) is 12.2. The molecular formula is C18H17N5O2. The van der Waals surface area contributed by atoms with Gasteiger partial charge in [0, 0.05) is 10.9 Å². The van der Waals surface area contributed by atoms with E-state index in [0.717, 1.165) is 27.8 Å². The Morgan fingerprint density at radius 2 is 1.92 bits per heavy atom. The van der Waals surface area contributed by atoms with Crippen molar-refractivity contribution in [1.82, 2.24) is 14.8 Å². The molecule has 126 valence electrons. The first-order valence-corrected chi connectivity index (χ1v) is 7.75. The minimum atomic E-state index is 0.123. The van der Waals surface area contributed by atoms with Gasteiger partial charge in [0.15, 0.2) is 5.82 Å². The highest BCUT2D eigenvalue weighted by Gasteiger charge is 2.15. The van der Waals surface area contributed by atoms with Gasteiger partial charge in [0.1, 0.15) is 5.75 Å². The van der Waals surface area contributed by atoms with Crippen molar-refractivity contribution >= 4 is 22.6 Å². The van der Waals surface area contributed by atoms with E-state index >= 15 is 0 Å². The molecule has 0 radical (unpaired) electrons. The fourth-order valence-electron chi connectivity index (χ4n) is 2.78. The van der Waals surface area contributed by atoms with Crippen molar-refractivity contribution in [2.75, 3.05) is 18.6 Å². The first-order valence-electron chi connectivity index (χ1n) is 7.75. The van der Waals surface area contributed by atoms with E-state index in [9.17, 15) is 0 Å². The Morgan fingerprint density at radius 3 is 2.60 bits per heavy atom. The van der Waals surface area contributed by atoms with Gasteiger partial charge in [-0.3, -0.25) is 4.68 Å². The summed E-state index contributed by atoms with van der Waals surface area (Å²) in [5, 5.41) is 5.43. The number of hydrogen-bond donors (Lipinski definition) is 2. The maximum absolute atomic E-state index is 5.69. The van der Waals surface area contributed by atoms with E-state index in [4.69, 9.17) is 20.6 Å². The van der Waals surface area contributed by atoms with E-state index in [1.165, 1.54) is 0 Å². The standard InChI is InChI=1S/C18H17N5O2/c1-24-12-7-5-11(6-8-12)10-23-15-4-2-3-13(14(15)9-21-23)18-22-16(19)17(20)25-18/h2-9H,10,19-20H2,1H3. The fraction of sp³-hybridized carbons (Fsp3) is 0.111. The van der Waals surface area contributed by atoms with Crippen molar-refractivity contribution < 1.29 is 9.15 Å². The smallest absolute Gasteiger partial charge is 0.235 e. The van der Waals surface area contributed by atoms with Gasteiger partial charge < -0.3 is 20.6 Å². The van der Waals surface area contributed by atoms with Crippen LogP contribution in [0.15, 0.2) is 53.1 Å². The molecule has 0 atom stereocenters. The Labute approximate surface area is 143 Å². The average molecular weight is 335 g/mol. The molecule has 25 heavy (non-hydrogen) atoms. The van der Waals surface area contributed by atoms with Crippen molar-refractivity contribution in [3.63, 3.8) is 0 Å². The van der Waals surface area contributed by atoms with Crippen molar-refractivity contribution in [2.45, 2.75) is 6.54 Å². The van der Waals surface area contributed by atoms with Crippen LogP contribution < -0.4 is 16.2 Å². The lowest BCUT2D eigenvalue weighted by Crippen LogP contribution is -2.01. The van der Waals surface area contributed by atoms with Crippen LogP contribution in [0.5, 0.6) is 5.75 Å². The van der Waals surface area contributed by atoms with Crippen LogP contribution in [-0.4, -0.2) is 21.9 Å². The molecule has 0 unspecified atom stereocenters. The van der Waals surface area contributed by atoms with Crippen LogP contribution in [-0.2, 0) is 6.54 Å². The van der Waals surface area contributed by atoms with Gasteiger partial charge in [-0.1, -0.05) is 18.2 Å². The SMILES string of the molecule is COc1ccc(Cn2ncc3c(-c4nc(N)c(N)o4)cccc32)cc1. The topological polar surface area (TPSA) is 105 Å². The van der Waals surface area contributed by atoms with E-state index in [0.29, 0.717) is 12.4 Å². The summed E-state index contributed by atoms with van der Waals surface area (Å²) < 4.78 is 12.6. The summed E-state index contributed by atoms with van der Waals surface area (Å²) in [6.07, 6.45) is 1.80. The molecule has 0 saturated carbocycles. The third kappa shape index (κ3) is 2.65. The quantitative estimate of drug-likeness (QED) is 0.594. The van der Waals surface area contributed by atoms with Crippen LogP contribution in [0.2, 0.25) is 0 Å². The predicted molar refractivity (Wildman–Crippen MR) is 96.2 cm³/mol. The summed E-state index contributed by atoms with van der Waals surface area (Å²) in [4.78, 5) is 4.18. The number of nitrogen functional groups attached to an aromatic ring is 2. The van der Waals surface area contributed by atoms with Gasteiger partial charge >= 0.3 is 0 Å². The summed E-state index contributed by atoms with van der Waals surface area (Å²) >= 11 is 0. The van der Waals surface area contributed by atoms with Gasteiger partial charge in [-0.25, -0.2) is 0 Å². The van der Waals surface area contributed by atoms with Crippen LogP contribution in [0.25, 0.3) is 22.4 Å². The van der Waals surface area contributed by atoms with Crippen molar-refractivity contribution in [1.29, 1.82) is 0 Å². The van der Waals surface area contributed by atoms with Crippen LogP contribution in [0, 0.1) is 0 Å². The number of aromatic nitrogens is 3. The molecule has 0 saturated heterocycles. The minimum Gasteiger partial charge on any atom is -0.497 e. The lowest BCUT2D eigenvalue weighted by molar-refractivity contribution is 0.414. The van der Waals surface area contributed by atoms with Gasteiger partial charge in [0.2, 0.25) is 11.8 Å². The number of ether oxygens (including phenoxy) is 1. The third-order valence-electron chi connectivity index (χ3n) is 4.09. The molecule has 7 nitrogen and oxygen atoms in total. The monoisotopic (exact) mass is 335 g/mol. The number of benzene rings is 2. The summed E-state index contributed by atoms with van der Waals surface area (Å²) in [5.41, 5.74) is 14.3. The zero-order valence-electron chi connectivity index (χ0n) is 13.6. The lowest BCUT2D eigenvalue weighted by atomic mass is 10.1. The second-order valence-electron chi connectivity index (χ2n) is 5.66. The largest absolute Gasteiger partial charge is 0.497 e. The molecule has 4 N–H and O–H groups in total. The molecule has 0 bridgehead atoms. The van der Waals surface area contributed by atoms with E-state index in [2.05, 4.69) is 10.1 Å². The molecule has 2 aromatic heterocycles. The highest BCUT2D eigenvalue weighted by Crippen LogP contribution is 2.31. The van der Waals surface area contributed by atoms with Crippen LogP contribution in [0.4, 0.5) is 11.7 Å². The average Bonchev–Trinajstić information content (AvgIpc) is 3.19. The molecule has 0 spiro atoms. The van der Waals surface area contributed by atoms with Gasteiger partial charge in [0.25, 0.3) is 0 Å². The zero-order valence-corrected chi connectivity index (χ0v) is 13.6. The highest BCUT2D eigenvalue weighted by atomic mass is 16.5. The second-order valence-corrected chi connectivity index (χ2v) is 5.66. The lowest BCUT2D eigenvalue weighted by Gasteiger charge is -2.06. The number of nitrogens with zero attached hydrogens (tertiary/aromatic N) is 3. The summed E-state index contributed by atoms with van der Waals surface area (Å²) in [6.45, 7) is 0.646. The Hall–Kier alpha value is -3.48. The Balaban J connectivity index is 1.73. The number of rotatable bonds is 4. The van der Waals surface area contributed by atoms with Crippen molar-refractivity contribution in [3.05, 3.63) is 54.2 Å². The zero-order chi connectivity index (χ0) is 17.4. The number of nitrogens with two attached hydrogens (primary N) is 2. The maximum atomic E-state index is 5.69. The third-order valence-corrected chi connectivity index (χ3v) is 4.09. The molecule has 0 amide bonds. The Morgan fingerprint density at radius 1 is 1.12 bits per heavy atom. The minimum absolute atomic E-state index is 0.123. The van der Waals surface area contributed by atoms with Crippen LogP contribution in [0.3, 0.4) is 0 Å². The Kier molecular flexibility index (Phi) is 3.53. The molecule has 7 heteroatoms. The molecule has 4 aromatic rings. The first kappa shape index (κ1) is 15.1. The van der Waals surface area contributed by atoms with Crippen molar-refractivity contribution in [2.24, 2.45) is 0 Å². The molecule has 2 heterocycles. The van der Waals surface area contributed by atoms with Crippen LogP contribution >= 0.6 is 0 Å². The van der Waals surface area contributed by atoms with Crippen LogP contribution in [0.1, 0.15) is 5.56 Å². The normalized spacial score (nSPS) is 11.1. The molecule has 0 aliphatic rings. The van der Waals surface area contributed by atoms with E-state index in [1.807, 2.05) is 47.1 Å². The van der Waals surface area contributed by atoms with E-state index in [-0.39, 0.29) is 11.7 Å². The second kappa shape index (κ2) is 5.86. The maximum Gasteiger partial charge on any atom is 0.235 e. The fourth-order valence-corrected chi connectivity index (χ4v) is 2.78. The summed E-state index contributed by atoms with van der Waals surface area (Å²) in [7, 11) is 1.65.